The number of carbonyl (C=O) groups excluding carboxylic acids is 2. The lowest BCUT2D eigenvalue weighted by atomic mass is 10.2. The van der Waals surface area contributed by atoms with Gasteiger partial charge in [0.1, 0.15) is 5.58 Å². The summed E-state index contributed by atoms with van der Waals surface area (Å²) >= 11 is 0. The standard InChI is InChI=1S/C13H13NO4/c1-2-17-13(16)12(15)14-7-9-8-18-11-6-4-3-5-10(9)11/h3-6,8H,2,7H2,1H3,(H,14,15). The predicted molar refractivity (Wildman–Crippen MR) is 64.7 cm³/mol. The van der Waals surface area contributed by atoms with Gasteiger partial charge < -0.3 is 14.5 Å². The van der Waals surface area contributed by atoms with Crippen molar-refractivity contribution in [3.05, 3.63) is 36.1 Å². The first-order chi connectivity index (χ1) is 8.72. The van der Waals surface area contributed by atoms with E-state index >= 15 is 0 Å². The summed E-state index contributed by atoms with van der Waals surface area (Å²) < 4.78 is 9.91. The fourth-order valence-electron chi connectivity index (χ4n) is 1.61. The number of carbonyl (C=O) groups is 2. The van der Waals surface area contributed by atoms with Crippen LogP contribution >= 0.6 is 0 Å². The molecule has 0 fully saturated rings. The number of ether oxygens (including phenoxy) is 1. The summed E-state index contributed by atoms with van der Waals surface area (Å²) in [5.74, 6) is -1.62. The van der Waals surface area contributed by atoms with Crippen molar-refractivity contribution < 1.29 is 18.7 Å². The van der Waals surface area contributed by atoms with Gasteiger partial charge in [0.15, 0.2) is 0 Å². The molecule has 5 heteroatoms. The third-order valence-corrected chi connectivity index (χ3v) is 2.46. The zero-order valence-electron chi connectivity index (χ0n) is 9.93. The fourth-order valence-corrected chi connectivity index (χ4v) is 1.61. The van der Waals surface area contributed by atoms with Crippen molar-refractivity contribution in [2.75, 3.05) is 6.61 Å². The third-order valence-electron chi connectivity index (χ3n) is 2.46. The van der Waals surface area contributed by atoms with Crippen molar-refractivity contribution in [2.24, 2.45) is 0 Å². The van der Waals surface area contributed by atoms with Crippen LogP contribution in [-0.2, 0) is 20.9 Å². The molecule has 0 aliphatic rings. The second kappa shape index (κ2) is 5.35. The van der Waals surface area contributed by atoms with Gasteiger partial charge in [-0.1, -0.05) is 18.2 Å². The van der Waals surface area contributed by atoms with E-state index < -0.39 is 11.9 Å². The predicted octanol–water partition coefficient (Wildman–Crippen LogP) is 1.61. The second-order valence-corrected chi connectivity index (χ2v) is 3.66. The Balaban J connectivity index is 2.02. The van der Waals surface area contributed by atoms with E-state index in [-0.39, 0.29) is 13.2 Å². The summed E-state index contributed by atoms with van der Waals surface area (Å²) in [4.78, 5) is 22.5. The van der Waals surface area contributed by atoms with Crippen LogP contribution in [0.5, 0.6) is 0 Å². The molecule has 0 unspecified atom stereocenters. The average molecular weight is 247 g/mol. The number of benzene rings is 1. The Labute approximate surface area is 104 Å². The molecule has 0 saturated heterocycles. The number of amides is 1. The van der Waals surface area contributed by atoms with Gasteiger partial charge in [-0.2, -0.15) is 0 Å². The molecule has 1 N–H and O–H groups in total. The number of nitrogens with one attached hydrogen (secondary N) is 1. The lowest BCUT2D eigenvalue weighted by molar-refractivity contribution is -0.154. The summed E-state index contributed by atoms with van der Waals surface area (Å²) in [5, 5.41) is 3.41. The molecule has 2 rings (SSSR count). The van der Waals surface area contributed by atoms with Gasteiger partial charge in [-0.15, -0.1) is 0 Å². The molecule has 0 aliphatic heterocycles. The molecule has 94 valence electrons. The van der Waals surface area contributed by atoms with E-state index in [9.17, 15) is 9.59 Å². The molecule has 1 heterocycles. The number of rotatable bonds is 3. The molecule has 0 aliphatic carbocycles. The molecule has 2 aromatic rings. The van der Waals surface area contributed by atoms with Gasteiger partial charge in [0.25, 0.3) is 0 Å². The van der Waals surface area contributed by atoms with Crippen molar-refractivity contribution in [1.29, 1.82) is 0 Å². The van der Waals surface area contributed by atoms with Gasteiger partial charge in [-0.05, 0) is 13.0 Å². The van der Waals surface area contributed by atoms with Gasteiger partial charge in [0.05, 0.1) is 12.9 Å². The van der Waals surface area contributed by atoms with Gasteiger partial charge in [-0.25, -0.2) is 4.79 Å². The Kier molecular flexibility index (Phi) is 3.62. The maximum absolute atomic E-state index is 11.3. The van der Waals surface area contributed by atoms with Crippen LogP contribution < -0.4 is 5.32 Å². The van der Waals surface area contributed by atoms with Crippen molar-refractivity contribution >= 4 is 22.8 Å². The Hall–Kier alpha value is -2.30. The highest BCUT2D eigenvalue weighted by molar-refractivity contribution is 6.32. The molecule has 5 nitrogen and oxygen atoms in total. The van der Waals surface area contributed by atoms with Crippen LogP contribution in [0.2, 0.25) is 0 Å². The highest BCUT2D eigenvalue weighted by atomic mass is 16.5. The molecule has 1 amide bonds. The number of hydrogen-bond donors (Lipinski definition) is 1. The number of hydrogen-bond acceptors (Lipinski definition) is 4. The van der Waals surface area contributed by atoms with Crippen LogP contribution in [0.3, 0.4) is 0 Å². The highest BCUT2D eigenvalue weighted by Gasteiger charge is 2.14. The van der Waals surface area contributed by atoms with Gasteiger partial charge in [0, 0.05) is 17.5 Å². The van der Waals surface area contributed by atoms with E-state index in [1.165, 1.54) is 0 Å². The zero-order valence-corrected chi connectivity index (χ0v) is 9.93. The van der Waals surface area contributed by atoms with E-state index in [2.05, 4.69) is 10.1 Å². The summed E-state index contributed by atoms with van der Waals surface area (Å²) in [6, 6.07) is 7.48. The summed E-state index contributed by atoms with van der Waals surface area (Å²) in [6.45, 7) is 2.06. The molecular weight excluding hydrogens is 234 g/mol. The van der Waals surface area contributed by atoms with E-state index in [0.29, 0.717) is 0 Å². The highest BCUT2D eigenvalue weighted by Crippen LogP contribution is 2.20. The third kappa shape index (κ3) is 2.51. The lowest BCUT2D eigenvalue weighted by Gasteiger charge is -2.03. The van der Waals surface area contributed by atoms with Crippen LogP contribution in [-0.4, -0.2) is 18.5 Å². The first kappa shape index (κ1) is 12.2. The normalized spacial score (nSPS) is 10.3. The minimum absolute atomic E-state index is 0.181. The van der Waals surface area contributed by atoms with Crippen LogP contribution in [0.1, 0.15) is 12.5 Å². The molecule has 1 aromatic carbocycles. The molecule has 0 radical (unpaired) electrons. The van der Waals surface area contributed by atoms with Gasteiger partial charge in [0.2, 0.25) is 0 Å². The molecule has 0 saturated carbocycles. The van der Waals surface area contributed by atoms with Crippen molar-refractivity contribution in [3.63, 3.8) is 0 Å². The molecular formula is C13H13NO4. The number of fused-ring (bicyclic) bond motifs is 1. The molecule has 0 bridgehead atoms. The Bertz CT molecular complexity index is 573. The van der Waals surface area contributed by atoms with Crippen LogP contribution in [0, 0.1) is 0 Å². The largest absolute Gasteiger partial charge is 0.464 e. The maximum atomic E-state index is 11.3. The van der Waals surface area contributed by atoms with E-state index in [1.807, 2.05) is 24.3 Å². The fraction of sp³-hybridized carbons (Fsp3) is 0.231. The lowest BCUT2D eigenvalue weighted by Crippen LogP contribution is -2.31. The topological polar surface area (TPSA) is 68.5 Å². The molecule has 0 spiro atoms. The van der Waals surface area contributed by atoms with E-state index in [1.54, 1.807) is 13.2 Å². The maximum Gasteiger partial charge on any atom is 0.396 e. The quantitative estimate of drug-likeness (QED) is 0.661. The Morgan fingerprint density at radius 3 is 2.89 bits per heavy atom. The van der Waals surface area contributed by atoms with E-state index in [0.717, 1.165) is 16.5 Å². The zero-order chi connectivity index (χ0) is 13.0. The smallest absolute Gasteiger partial charge is 0.396 e. The van der Waals surface area contributed by atoms with Crippen molar-refractivity contribution in [1.82, 2.24) is 5.32 Å². The summed E-state index contributed by atoms with van der Waals surface area (Å²) in [6.07, 6.45) is 1.57. The van der Waals surface area contributed by atoms with Crippen molar-refractivity contribution in [2.45, 2.75) is 13.5 Å². The molecule has 1 aromatic heterocycles. The molecule has 0 atom stereocenters. The second-order valence-electron chi connectivity index (χ2n) is 3.66. The minimum Gasteiger partial charge on any atom is -0.464 e. The number of esters is 1. The van der Waals surface area contributed by atoms with Gasteiger partial charge >= 0.3 is 11.9 Å². The number of para-hydroxylation sites is 1. The van der Waals surface area contributed by atoms with Gasteiger partial charge in [-0.3, -0.25) is 4.79 Å². The Morgan fingerprint density at radius 2 is 2.11 bits per heavy atom. The van der Waals surface area contributed by atoms with Crippen LogP contribution in [0.25, 0.3) is 11.0 Å². The van der Waals surface area contributed by atoms with Crippen molar-refractivity contribution in [3.8, 4) is 0 Å². The van der Waals surface area contributed by atoms with E-state index in [4.69, 9.17) is 4.42 Å². The summed E-state index contributed by atoms with van der Waals surface area (Å²) in [7, 11) is 0. The minimum atomic E-state index is -0.870. The number of furan rings is 1. The first-order valence-corrected chi connectivity index (χ1v) is 5.62. The van der Waals surface area contributed by atoms with Crippen LogP contribution in [0.15, 0.2) is 34.9 Å². The molecule has 18 heavy (non-hydrogen) atoms. The monoisotopic (exact) mass is 247 g/mol. The van der Waals surface area contributed by atoms with Crippen LogP contribution in [0.4, 0.5) is 0 Å². The Morgan fingerprint density at radius 1 is 1.33 bits per heavy atom. The first-order valence-electron chi connectivity index (χ1n) is 5.62. The summed E-state index contributed by atoms with van der Waals surface area (Å²) in [5.41, 5.74) is 1.57. The average Bonchev–Trinajstić information content (AvgIpc) is 2.79. The SMILES string of the molecule is CCOC(=O)C(=O)NCc1coc2ccccc12.